The molecule has 0 saturated carbocycles. The van der Waals surface area contributed by atoms with Crippen molar-refractivity contribution in [2.45, 2.75) is 6.18 Å². The summed E-state index contributed by atoms with van der Waals surface area (Å²) >= 11 is 4.96. The van der Waals surface area contributed by atoms with E-state index in [4.69, 9.17) is 4.74 Å². The lowest BCUT2D eigenvalue weighted by Gasteiger charge is -2.13. The van der Waals surface area contributed by atoms with E-state index in [9.17, 15) is 13.2 Å². The first-order valence-electron chi connectivity index (χ1n) is 4.04. The van der Waals surface area contributed by atoms with Crippen LogP contribution in [-0.4, -0.2) is 13.9 Å². The first-order valence-corrected chi connectivity index (χ1v) is 5.91. The Labute approximate surface area is 112 Å². The molecule has 1 rings (SSSR count). The highest BCUT2D eigenvalue weighted by Crippen LogP contribution is 2.38. The standard InChI is InChI=1S/C9H7BrF3IO2/c1-15-4-16-7-3-5(9(11,12)13)2-6(14)8(7)10/h2-3H,4H2,1H3. The van der Waals surface area contributed by atoms with Crippen LogP contribution in [0.2, 0.25) is 0 Å². The van der Waals surface area contributed by atoms with E-state index in [2.05, 4.69) is 20.7 Å². The van der Waals surface area contributed by atoms with E-state index in [0.29, 0.717) is 8.04 Å². The van der Waals surface area contributed by atoms with Gasteiger partial charge in [-0.3, -0.25) is 0 Å². The molecule has 0 heterocycles. The van der Waals surface area contributed by atoms with Crippen LogP contribution in [0.4, 0.5) is 13.2 Å². The molecule has 1 aromatic rings. The van der Waals surface area contributed by atoms with Crippen molar-refractivity contribution in [3.8, 4) is 5.75 Å². The Kier molecular flexibility index (Phi) is 4.87. The van der Waals surface area contributed by atoms with Crippen LogP contribution in [0.25, 0.3) is 0 Å². The average molecular weight is 411 g/mol. The van der Waals surface area contributed by atoms with Gasteiger partial charge in [-0.15, -0.1) is 0 Å². The van der Waals surface area contributed by atoms with Gasteiger partial charge < -0.3 is 9.47 Å². The van der Waals surface area contributed by atoms with E-state index in [1.54, 1.807) is 22.6 Å². The number of methoxy groups -OCH3 is 1. The van der Waals surface area contributed by atoms with Crippen molar-refractivity contribution in [1.82, 2.24) is 0 Å². The van der Waals surface area contributed by atoms with Gasteiger partial charge in [-0.05, 0) is 50.7 Å². The van der Waals surface area contributed by atoms with Crippen molar-refractivity contribution >= 4 is 38.5 Å². The minimum Gasteiger partial charge on any atom is -0.466 e. The third-order valence-electron chi connectivity index (χ3n) is 1.65. The van der Waals surface area contributed by atoms with Crippen LogP contribution in [-0.2, 0) is 10.9 Å². The van der Waals surface area contributed by atoms with E-state index >= 15 is 0 Å². The molecule has 0 aliphatic carbocycles. The molecule has 7 heteroatoms. The highest BCUT2D eigenvalue weighted by Gasteiger charge is 2.32. The van der Waals surface area contributed by atoms with E-state index in [-0.39, 0.29) is 12.5 Å². The summed E-state index contributed by atoms with van der Waals surface area (Å²) in [5, 5.41) is 0. The lowest BCUT2D eigenvalue weighted by molar-refractivity contribution is -0.137. The second-order valence-electron chi connectivity index (χ2n) is 2.82. The van der Waals surface area contributed by atoms with E-state index in [1.165, 1.54) is 7.11 Å². The Bertz CT molecular complexity index is 382. The Morgan fingerprint density at radius 3 is 2.50 bits per heavy atom. The molecule has 0 spiro atoms. The van der Waals surface area contributed by atoms with Crippen LogP contribution in [0.3, 0.4) is 0 Å². The predicted octanol–water partition coefficient (Wildman–Crippen LogP) is 4.06. The zero-order valence-corrected chi connectivity index (χ0v) is 11.8. The number of hydrogen-bond donors (Lipinski definition) is 0. The van der Waals surface area contributed by atoms with Crippen molar-refractivity contribution in [3.05, 3.63) is 25.7 Å². The topological polar surface area (TPSA) is 18.5 Å². The predicted molar refractivity (Wildman–Crippen MR) is 64.4 cm³/mol. The number of alkyl halides is 3. The summed E-state index contributed by atoms with van der Waals surface area (Å²) in [6.45, 7) is -0.101. The molecular formula is C9H7BrF3IO2. The molecule has 0 fully saturated rings. The summed E-state index contributed by atoms with van der Waals surface area (Å²) in [5.74, 6) is 0.112. The summed E-state index contributed by atoms with van der Waals surface area (Å²) in [7, 11) is 1.40. The van der Waals surface area contributed by atoms with Crippen molar-refractivity contribution < 1.29 is 22.6 Å². The van der Waals surface area contributed by atoms with Gasteiger partial charge in [0.05, 0.1) is 10.0 Å². The molecule has 0 amide bonds. The zero-order chi connectivity index (χ0) is 12.3. The SMILES string of the molecule is COCOc1cc(C(F)(F)F)cc(I)c1Br. The molecule has 0 atom stereocenters. The average Bonchev–Trinajstić information content (AvgIpc) is 2.18. The number of halogens is 5. The molecule has 0 N–H and O–H groups in total. The van der Waals surface area contributed by atoms with Crippen molar-refractivity contribution in [2.24, 2.45) is 0 Å². The van der Waals surface area contributed by atoms with Gasteiger partial charge in [0.2, 0.25) is 0 Å². The Morgan fingerprint density at radius 1 is 1.38 bits per heavy atom. The maximum Gasteiger partial charge on any atom is 0.416 e. The van der Waals surface area contributed by atoms with Crippen molar-refractivity contribution in [3.63, 3.8) is 0 Å². The first kappa shape index (κ1) is 14.0. The smallest absolute Gasteiger partial charge is 0.416 e. The van der Waals surface area contributed by atoms with Crippen molar-refractivity contribution in [1.29, 1.82) is 0 Å². The lowest BCUT2D eigenvalue weighted by atomic mass is 10.2. The molecule has 2 nitrogen and oxygen atoms in total. The molecule has 0 radical (unpaired) electrons. The van der Waals surface area contributed by atoms with Crippen LogP contribution in [0.15, 0.2) is 16.6 Å². The summed E-state index contributed by atoms with van der Waals surface area (Å²) in [5.41, 5.74) is -0.744. The summed E-state index contributed by atoms with van der Waals surface area (Å²) < 4.78 is 48.1. The molecule has 0 aromatic heterocycles. The maximum absolute atomic E-state index is 12.5. The van der Waals surface area contributed by atoms with Gasteiger partial charge in [0.1, 0.15) is 5.75 Å². The molecule has 1 aromatic carbocycles. The number of ether oxygens (including phenoxy) is 2. The van der Waals surface area contributed by atoms with Gasteiger partial charge >= 0.3 is 6.18 Å². The molecule has 90 valence electrons. The van der Waals surface area contributed by atoms with E-state index < -0.39 is 11.7 Å². The Hall–Kier alpha value is -0.0200. The van der Waals surface area contributed by atoms with Gasteiger partial charge in [0.25, 0.3) is 0 Å². The van der Waals surface area contributed by atoms with Gasteiger partial charge in [0, 0.05) is 10.7 Å². The fourth-order valence-corrected chi connectivity index (χ4v) is 1.90. The number of rotatable bonds is 3. The van der Waals surface area contributed by atoms with Crippen LogP contribution >= 0.6 is 38.5 Å². The second-order valence-corrected chi connectivity index (χ2v) is 4.77. The van der Waals surface area contributed by atoms with Gasteiger partial charge in [-0.25, -0.2) is 0 Å². The number of benzene rings is 1. The van der Waals surface area contributed by atoms with Gasteiger partial charge in [-0.1, -0.05) is 0 Å². The molecule has 0 unspecified atom stereocenters. The Balaban J connectivity index is 3.12. The van der Waals surface area contributed by atoms with E-state index in [0.717, 1.165) is 12.1 Å². The summed E-state index contributed by atoms with van der Waals surface area (Å²) in [6, 6.07) is 1.98. The second kappa shape index (κ2) is 5.54. The monoisotopic (exact) mass is 410 g/mol. The minimum atomic E-state index is -4.38. The maximum atomic E-state index is 12.5. The quantitative estimate of drug-likeness (QED) is 0.552. The first-order chi connectivity index (χ1) is 7.36. The number of hydrogen-bond acceptors (Lipinski definition) is 2. The van der Waals surface area contributed by atoms with Gasteiger partial charge in [-0.2, -0.15) is 13.2 Å². The van der Waals surface area contributed by atoms with Crippen LogP contribution in [0.1, 0.15) is 5.56 Å². The molecule has 0 aliphatic rings. The summed E-state index contributed by atoms with van der Waals surface area (Å²) in [4.78, 5) is 0. The zero-order valence-electron chi connectivity index (χ0n) is 8.07. The van der Waals surface area contributed by atoms with Crippen molar-refractivity contribution in [2.75, 3.05) is 13.9 Å². The molecule has 0 saturated heterocycles. The van der Waals surface area contributed by atoms with Crippen LogP contribution in [0, 0.1) is 3.57 Å². The third-order valence-corrected chi connectivity index (χ3v) is 4.06. The van der Waals surface area contributed by atoms with E-state index in [1.807, 2.05) is 0 Å². The third kappa shape index (κ3) is 3.49. The molecule has 0 aliphatic heterocycles. The van der Waals surface area contributed by atoms with Gasteiger partial charge in [0.15, 0.2) is 6.79 Å². The molecule has 16 heavy (non-hydrogen) atoms. The molecule has 0 bridgehead atoms. The lowest BCUT2D eigenvalue weighted by Crippen LogP contribution is -2.07. The fourth-order valence-electron chi connectivity index (χ4n) is 0.955. The van der Waals surface area contributed by atoms with Crippen LogP contribution in [0.5, 0.6) is 5.75 Å². The Morgan fingerprint density at radius 2 is 2.00 bits per heavy atom. The fraction of sp³-hybridized carbons (Fsp3) is 0.333. The highest BCUT2D eigenvalue weighted by atomic mass is 127. The normalized spacial score (nSPS) is 11.6. The minimum absolute atomic E-state index is 0.101. The summed E-state index contributed by atoms with van der Waals surface area (Å²) in [6.07, 6.45) is -4.38. The highest BCUT2D eigenvalue weighted by molar-refractivity contribution is 14.1. The molecular weight excluding hydrogens is 404 g/mol. The van der Waals surface area contributed by atoms with Crippen LogP contribution < -0.4 is 4.74 Å². The largest absolute Gasteiger partial charge is 0.466 e.